The summed E-state index contributed by atoms with van der Waals surface area (Å²) < 4.78 is 34.9. The Morgan fingerprint density at radius 3 is 2.24 bits per heavy atom. The highest BCUT2D eigenvalue weighted by molar-refractivity contribution is 7.14. The van der Waals surface area contributed by atoms with Gasteiger partial charge in [-0.1, -0.05) is 18.2 Å². The third-order valence-electron chi connectivity index (χ3n) is 6.12. The van der Waals surface area contributed by atoms with Crippen molar-refractivity contribution in [1.29, 1.82) is 0 Å². The van der Waals surface area contributed by atoms with Crippen LogP contribution in [0.4, 0.5) is 9.52 Å². The molecule has 1 amide bonds. The lowest BCUT2D eigenvalue weighted by Gasteiger charge is -2.15. The molecule has 0 radical (unpaired) electrons. The first-order valence-electron chi connectivity index (χ1n) is 12.3. The van der Waals surface area contributed by atoms with Crippen molar-refractivity contribution in [2.24, 2.45) is 0 Å². The predicted molar refractivity (Wildman–Crippen MR) is 153 cm³/mol. The fourth-order valence-electron chi connectivity index (χ4n) is 4.17. The lowest BCUT2D eigenvalue weighted by atomic mass is 10.0. The summed E-state index contributed by atoms with van der Waals surface area (Å²) in [6.07, 6.45) is 0. The molecule has 5 rings (SSSR count). The van der Waals surface area contributed by atoms with Gasteiger partial charge in [-0.3, -0.25) is 10.1 Å². The summed E-state index contributed by atoms with van der Waals surface area (Å²) in [5.74, 6) is -0.308. The van der Waals surface area contributed by atoms with Gasteiger partial charge in [-0.15, -0.1) is 11.3 Å². The topological polar surface area (TPSA) is 109 Å². The zero-order chi connectivity index (χ0) is 28.9. The van der Waals surface area contributed by atoms with Crippen LogP contribution in [0.15, 0.2) is 72.1 Å². The first-order chi connectivity index (χ1) is 19.9. The Hall–Kier alpha value is -5.03. The molecule has 0 unspecified atom stereocenters. The maximum atomic E-state index is 13.2. The van der Waals surface area contributed by atoms with E-state index in [1.165, 1.54) is 44.8 Å². The number of carbonyl (C=O) groups is 2. The number of ether oxygens (including phenoxy) is 4. The van der Waals surface area contributed by atoms with Crippen LogP contribution in [0.3, 0.4) is 0 Å². The molecule has 2 aromatic heterocycles. The van der Waals surface area contributed by atoms with Gasteiger partial charge in [0.25, 0.3) is 5.91 Å². The summed E-state index contributed by atoms with van der Waals surface area (Å²) in [6, 6.07) is 18.1. The number of nitrogens with one attached hydrogen (secondary N) is 1. The standard InChI is InChI=1S/C30H24FN3O6S/c1-37-25-12-18(13-26(38-2)28(25)39-3)23-14-21(20-6-4-5-7-22(20)32-23)29(36)40-15-27(35)34-30-33-24(16-41-30)17-8-10-19(31)11-9-17/h4-14,16H,15H2,1-3H3,(H,33,34,35). The number of hydrogen-bond acceptors (Lipinski definition) is 9. The van der Waals surface area contributed by atoms with Crippen molar-refractivity contribution in [2.75, 3.05) is 33.3 Å². The largest absolute Gasteiger partial charge is 0.493 e. The Labute approximate surface area is 238 Å². The molecule has 2 heterocycles. The van der Waals surface area contributed by atoms with Crippen molar-refractivity contribution < 1.29 is 32.9 Å². The van der Waals surface area contributed by atoms with Gasteiger partial charge in [0, 0.05) is 21.9 Å². The van der Waals surface area contributed by atoms with E-state index in [9.17, 15) is 14.0 Å². The van der Waals surface area contributed by atoms with Crippen molar-refractivity contribution in [2.45, 2.75) is 0 Å². The molecule has 1 N–H and O–H groups in total. The van der Waals surface area contributed by atoms with E-state index in [-0.39, 0.29) is 11.4 Å². The molecule has 0 spiro atoms. The van der Waals surface area contributed by atoms with Crippen LogP contribution in [0, 0.1) is 5.82 Å². The molecular formula is C30H24FN3O6S. The summed E-state index contributed by atoms with van der Waals surface area (Å²) in [6.45, 7) is -0.527. The van der Waals surface area contributed by atoms with Crippen LogP contribution in [0.25, 0.3) is 33.4 Å². The summed E-state index contributed by atoms with van der Waals surface area (Å²) >= 11 is 1.20. The predicted octanol–water partition coefficient (Wildman–Crippen LogP) is 5.99. The number of halogens is 1. The average molecular weight is 574 g/mol. The van der Waals surface area contributed by atoms with Gasteiger partial charge in [0.1, 0.15) is 5.82 Å². The number of esters is 1. The van der Waals surface area contributed by atoms with Gasteiger partial charge in [0.15, 0.2) is 23.2 Å². The lowest BCUT2D eigenvalue weighted by Crippen LogP contribution is -2.21. The van der Waals surface area contributed by atoms with Crippen molar-refractivity contribution in [3.63, 3.8) is 0 Å². The number of pyridine rings is 1. The number of anilines is 1. The van der Waals surface area contributed by atoms with E-state index >= 15 is 0 Å². The van der Waals surface area contributed by atoms with Gasteiger partial charge in [0.05, 0.1) is 43.8 Å². The molecule has 0 saturated carbocycles. The van der Waals surface area contributed by atoms with Crippen LogP contribution < -0.4 is 19.5 Å². The first-order valence-corrected chi connectivity index (χ1v) is 13.2. The Bertz CT molecular complexity index is 1710. The van der Waals surface area contributed by atoms with Crippen LogP contribution in [0.5, 0.6) is 17.2 Å². The normalized spacial score (nSPS) is 10.7. The number of nitrogens with zero attached hydrogens (tertiary/aromatic N) is 2. The van der Waals surface area contributed by atoms with Crippen LogP contribution in [0.2, 0.25) is 0 Å². The van der Waals surface area contributed by atoms with E-state index in [2.05, 4.69) is 10.3 Å². The zero-order valence-corrected chi connectivity index (χ0v) is 23.1. The minimum atomic E-state index is -0.696. The van der Waals surface area contributed by atoms with E-state index in [0.29, 0.717) is 55.8 Å². The maximum Gasteiger partial charge on any atom is 0.339 e. The smallest absolute Gasteiger partial charge is 0.339 e. The van der Waals surface area contributed by atoms with Crippen LogP contribution >= 0.6 is 11.3 Å². The summed E-state index contributed by atoms with van der Waals surface area (Å²) in [4.78, 5) is 34.8. The molecule has 208 valence electrons. The van der Waals surface area contributed by atoms with E-state index in [0.717, 1.165) is 0 Å². The number of rotatable bonds is 9. The van der Waals surface area contributed by atoms with E-state index in [1.807, 2.05) is 6.07 Å². The van der Waals surface area contributed by atoms with Gasteiger partial charge >= 0.3 is 5.97 Å². The molecule has 0 fully saturated rings. The Morgan fingerprint density at radius 2 is 1.56 bits per heavy atom. The highest BCUT2D eigenvalue weighted by Gasteiger charge is 2.20. The minimum absolute atomic E-state index is 0.236. The number of methoxy groups -OCH3 is 3. The van der Waals surface area contributed by atoms with E-state index in [1.54, 1.807) is 53.9 Å². The highest BCUT2D eigenvalue weighted by Crippen LogP contribution is 2.41. The van der Waals surface area contributed by atoms with Gasteiger partial charge in [-0.05, 0) is 48.5 Å². The second-order valence-electron chi connectivity index (χ2n) is 8.66. The number of benzene rings is 3. The molecule has 41 heavy (non-hydrogen) atoms. The zero-order valence-electron chi connectivity index (χ0n) is 22.3. The van der Waals surface area contributed by atoms with Crippen LogP contribution in [0.1, 0.15) is 10.4 Å². The second kappa shape index (κ2) is 12.0. The minimum Gasteiger partial charge on any atom is -0.493 e. The van der Waals surface area contributed by atoms with Crippen molar-refractivity contribution in [3.05, 3.63) is 83.5 Å². The van der Waals surface area contributed by atoms with Crippen LogP contribution in [-0.4, -0.2) is 49.8 Å². The number of aromatic nitrogens is 2. The molecule has 0 bridgehead atoms. The van der Waals surface area contributed by atoms with Crippen molar-refractivity contribution in [1.82, 2.24) is 9.97 Å². The van der Waals surface area contributed by atoms with E-state index in [4.69, 9.17) is 23.9 Å². The third-order valence-corrected chi connectivity index (χ3v) is 6.88. The Morgan fingerprint density at radius 1 is 0.854 bits per heavy atom. The molecule has 11 heteroatoms. The number of fused-ring (bicyclic) bond motifs is 1. The average Bonchev–Trinajstić information content (AvgIpc) is 3.47. The molecule has 3 aromatic carbocycles. The van der Waals surface area contributed by atoms with Gasteiger partial charge in [-0.25, -0.2) is 19.2 Å². The molecule has 0 aliphatic heterocycles. The summed E-state index contributed by atoms with van der Waals surface area (Å²) in [5.41, 5.74) is 3.19. The monoisotopic (exact) mass is 573 g/mol. The Kier molecular flexibility index (Phi) is 8.06. The fourth-order valence-corrected chi connectivity index (χ4v) is 4.91. The van der Waals surface area contributed by atoms with Gasteiger partial charge < -0.3 is 18.9 Å². The van der Waals surface area contributed by atoms with Crippen LogP contribution in [-0.2, 0) is 9.53 Å². The van der Waals surface area contributed by atoms with Crippen molar-refractivity contribution >= 4 is 39.2 Å². The lowest BCUT2D eigenvalue weighted by molar-refractivity contribution is -0.119. The molecular weight excluding hydrogens is 549 g/mol. The molecule has 9 nitrogen and oxygen atoms in total. The second-order valence-corrected chi connectivity index (χ2v) is 9.51. The number of amides is 1. The molecule has 0 aliphatic carbocycles. The third kappa shape index (κ3) is 5.94. The molecule has 0 aliphatic rings. The number of thiazole rings is 1. The van der Waals surface area contributed by atoms with Crippen molar-refractivity contribution in [3.8, 4) is 39.8 Å². The molecule has 0 saturated heterocycles. The fraction of sp³-hybridized carbons (Fsp3) is 0.133. The van der Waals surface area contributed by atoms with Gasteiger partial charge in [0.2, 0.25) is 5.75 Å². The molecule has 0 atom stereocenters. The number of hydrogen-bond donors (Lipinski definition) is 1. The quantitative estimate of drug-likeness (QED) is 0.214. The Balaban J connectivity index is 1.36. The maximum absolute atomic E-state index is 13.2. The molecule has 5 aromatic rings. The summed E-state index contributed by atoms with van der Waals surface area (Å²) in [7, 11) is 4.54. The highest BCUT2D eigenvalue weighted by atomic mass is 32.1. The first kappa shape index (κ1) is 27.5. The number of para-hydroxylation sites is 1. The van der Waals surface area contributed by atoms with E-state index < -0.39 is 18.5 Å². The SMILES string of the molecule is COc1cc(-c2cc(C(=O)OCC(=O)Nc3nc(-c4ccc(F)cc4)cs3)c3ccccc3n2)cc(OC)c1OC. The van der Waals surface area contributed by atoms with Gasteiger partial charge in [-0.2, -0.15) is 0 Å². The summed E-state index contributed by atoms with van der Waals surface area (Å²) in [5, 5.41) is 5.26. The number of carbonyl (C=O) groups excluding carboxylic acids is 2.